The van der Waals surface area contributed by atoms with E-state index in [4.69, 9.17) is 9.84 Å². The molecule has 0 aliphatic carbocycles. The molecule has 19 heavy (non-hydrogen) atoms. The molecule has 0 amide bonds. The number of nitro benzene ring substituents is 1. The van der Waals surface area contributed by atoms with Crippen LogP contribution in [-0.4, -0.2) is 22.1 Å². The number of aromatic carboxylic acids is 1. The molecule has 1 unspecified atom stereocenters. The van der Waals surface area contributed by atoms with E-state index >= 15 is 0 Å². The number of ether oxygens (including phenoxy) is 1. The second-order valence-electron chi connectivity index (χ2n) is 4.40. The van der Waals surface area contributed by atoms with Gasteiger partial charge < -0.3 is 9.84 Å². The molecule has 0 spiro atoms. The summed E-state index contributed by atoms with van der Waals surface area (Å²) in [5.41, 5.74) is -0.0347. The Morgan fingerprint density at radius 3 is 2.63 bits per heavy atom. The monoisotopic (exact) mass is 267 g/mol. The molecule has 1 aromatic rings. The summed E-state index contributed by atoms with van der Waals surface area (Å²) in [6.45, 7) is 5.41. The third-order valence-electron chi connectivity index (χ3n) is 2.80. The zero-order valence-electron chi connectivity index (χ0n) is 11.2. The van der Waals surface area contributed by atoms with E-state index in [1.807, 2.05) is 13.8 Å². The largest absolute Gasteiger partial charge is 0.490 e. The van der Waals surface area contributed by atoms with E-state index in [0.717, 1.165) is 18.9 Å². The highest BCUT2D eigenvalue weighted by Crippen LogP contribution is 2.30. The maximum atomic E-state index is 11.0. The van der Waals surface area contributed by atoms with E-state index in [9.17, 15) is 14.9 Å². The number of carboxylic acids is 1. The third-order valence-corrected chi connectivity index (χ3v) is 2.80. The van der Waals surface area contributed by atoms with Gasteiger partial charge in [-0.2, -0.15) is 0 Å². The second kappa shape index (κ2) is 6.17. The number of carbonyl (C=O) groups is 1. The van der Waals surface area contributed by atoms with Gasteiger partial charge in [-0.05, 0) is 26.3 Å². The van der Waals surface area contributed by atoms with Crippen LogP contribution in [0.5, 0.6) is 5.75 Å². The maximum Gasteiger partial charge on any atom is 0.336 e. The zero-order valence-corrected chi connectivity index (χ0v) is 11.2. The lowest BCUT2D eigenvalue weighted by atomic mass is 10.1. The Kier molecular flexibility index (Phi) is 4.86. The van der Waals surface area contributed by atoms with E-state index in [1.165, 1.54) is 6.07 Å². The molecule has 1 aromatic carbocycles. The summed E-state index contributed by atoms with van der Waals surface area (Å²) in [6.07, 6.45) is 1.60. The van der Waals surface area contributed by atoms with E-state index in [2.05, 4.69) is 0 Å². The molecule has 0 saturated heterocycles. The van der Waals surface area contributed by atoms with Crippen molar-refractivity contribution in [2.45, 2.75) is 39.7 Å². The summed E-state index contributed by atoms with van der Waals surface area (Å²) in [5.74, 6) is -0.955. The van der Waals surface area contributed by atoms with Crippen molar-refractivity contribution in [3.8, 4) is 5.75 Å². The molecule has 6 nitrogen and oxygen atoms in total. The quantitative estimate of drug-likeness (QED) is 0.631. The molecule has 1 N–H and O–H groups in total. The lowest BCUT2D eigenvalue weighted by molar-refractivity contribution is -0.385. The number of hydrogen-bond acceptors (Lipinski definition) is 4. The van der Waals surface area contributed by atoms with Crippen LogP contribution >= 0.6 is 0 Å². The van der Waals surface area contributed by atoms with Crippen LogP contribution < -0.4 is 4.74 Å². The van der Waals surface area contributed by atoms with Crippen molar-refractivity contribution >= 4 is 11.7 Å². The first kappa shape index (κ1) is 14.9. The second-order valence-corrected chi connectivity index (χ2v) is 4.40. The maximum absolute atomic E-state index is 11.0. The molecule has 1 rings (SSSR count). The molecule has 6 heteroatoms. The van der Waals surface area contributed by atoms with Crippen LogP contribution in [0.25, 0.3) is 0 Å². The van der Waals surface area contributed by atoms with Crippen molar-refractivity contribution in [3.05, 3.63) is 33.4 Å². The Hall–Kier alpha value is -2.11. The smallest absolute Gasteiger partial charge is 0.336 e. The van der Waals surface area contributed by atoms with Gasteiger partial charge in [0, 0.05) is 6.07 Å². The van der Waals surface area contributed by atoms with E-state index in [0.29, 0.717) is 5.56 Å². The number of hydrogen-bond donors (Lipinski definition) is 1. The molecule has 0 bridgehead atoms. The van der Waals surface area contributed by atoms with Crippen LogP contribution in [0.2, 0.25) is 0 Å². The fourth-order valence-electron chi connectivity index (χ4n) is 1.79. The van der Waals surface area contributed by atoms with Gasteiger partial charge in [-0.15, -0.1) is 0 Å². The fraction of sp³-hybridized carbons (Fsp3) is 0.462. The van der Waals surface area contributed by atoms with Crippen LogP contribution in [0.3, 0.4) is 0 Å². The molecule has 0 aliphatic rings. The van der Waals surface area contributed by atoms with Crippen molar-refractivity contribution in [2.24, 2.45) is 0 Å². The summed E-state index contributed by atoms with van der Waals surface area (Å²) in [4.78, 5) is 21.3. The van der Waals surface area contributed by atoms with Gasteiger partial charge >= 0.3 is 5.97 Å². The number of nitrogens with zero attached hydrogens (tertiary/aromatic N) is 1. The Morgan fingerprint density at radius 1 is 1.53 bits per heavy atom. The predicted octanol–water partition coefficient (Wildman–Crippen LogP) is 3.17. The Bertz CT molecular complexity index is 498. The Labute approximate surface area is 111 Å². The topological polar surface area (TPSA) is 89.7 Å². The predicted molar refractivity (Wildman–Crippen MR) is 69.8 cm³/mol. The summed E-state index contributed by atoms with van der Waals surface area (Å²) < 4.78 is 5.60. The lowest BCUT2D eigenvalue weighted by Crippen LogP contribution is -2.13. The summed E-state index contributed by atoms with van der Waals surface area (Å²) in [6, 6.07) is 2.38. The minimum Gasteiger partial charge on any atom is -0.490 e. The van der Waals surface area contributed by atoms with E-state index < -0.39 is 10.9 Å². The van der Waals surface area contributed by atoms with Crippen molar-refractivity contribution in [1.29, 1.82) is 0 Å². The summed E-state index contributed by atoms with van der Waals surface area (Å²) in [7, 11) is 0. The molecule has 0 radical (unpaired) electrons. The number of nitro groups is 1. The van der Waals surface area contributed by atoms with E-state index in [-0.39, 0.29) is 23.1 Å². The third kappa shape index (κ3) is 3.67. The van der Waals surface area contributed by atoms with Crippen molar-refractivity contribution in [2.75, 3.05) is 0 Å². The van der Waals surface area contributed by atoms with Gasteiger partial charge in [0.05, 0.1) is 22.2 Å². The number of carboxylic acid groups (broad SMARTS) is 1. The van der Waals surface area contributed by atoms with E-state index in [1.54, 1.807) is 6.92 Å². The first-order chi connectivity index (χ1) is 8.86. The molecule has 1 atom stereocenters. The summed E-state index contributed by atoms with van der Waals surface area (Å²) in [5, 5.41) is 19.9. The first-order valence-electron chi connectivity index (χ1n) is 6.05. The first-order valence-corrected chi connectivity index (χ1v) is 6.05. The van der Waals surface area contributed by atoms with Crippen LogP contribution in [0.15, 0.2) is 12.1 Å². The summed E-state index contributed by atoms with van der Waals surface area (Å²) >= 11 is 0. The highest BCUT2D eigenvalue weighted by Gasteiger charge is 2.20. The van der Waals surface area contributed by atoms with Gasteiger partial charge in [-0.1, -0.05) is 13.3 Å². The normalized spacial score (nSPS) is 11.9. The van der Waals surface area contributed by atoms with Gasteiger partial charge in [0.2, 0.25) is 0 Å². The van der Waals surface area contributed by atoms with Crippen LogP contribution in [-0.2, 0) is 0 Å². The minimum absolute atomic E-state index is 0.118. The molecule has 0 fully saturated rings. The molecule has 104 valence electrons. The SMILES string of the molecule is CCCC(C)Oc1cc(C(=O)O)cc([N+](=O)[O-])c1C. The van der Waals surface area contributed by atoms with Gasteiger partial charge in [-0.3, -0.25) is 10.1 Å². The zero-order chi connectivity index (χ0) is 14.6. The van der Waals surface area contributed by atoms with Crippen LogP contribution in [0.4, 0.5) is 5.69 Å². The molecular weight excluding hydrogens is 250 g/mol. The van der Waals surface area contributed by atoms with Gasteiger partial charge in [0.1, 0.15) is 5.75 Å². The van der Waals surface area contributed by atoms with Gasteiger partial charge in [0.25, 0.3) is 5.69 Å². The van der Waals surface area contributed by atoms with Crippen molar-refractivity contribution in [3.63, 3.8) is 0 Å². The Balaban J connectivity index is 3.21. The van der Waals surface area contributed by atoms with Gasteiger partial charge in [0.15, 0.2) is 0 Å². The van der Waals surface area contributed by atoms with Crippen LogP contribution in [0.1, 0.15) is 42.6 Å². The van der Waals surface area contributed by atoms with Crippen molar-refractivity contribution < 1.29 is 19.6 Å². The fourth-order valence-corrected chi connectivity index (χ4v) is 1.79. The molecular formula is C13H17NO5. The molecule has 0 aliphatic heterocycles. The average molecular weight is 267 g/mol. The highest BCUT2D eigenvalue weighted by atomic mass is 16.6. The molecule has 0 saturated carbocycles. The van der Waals surface area contributed by atoms with Crippen molar-refractivity contribution in [1.82, 2.24) is 0 Å². The highest BCUT2D eigenvalue weighted by molar-refractivity contribution is 5.89. The average Bonchev–Trinajstić information content (AvgIpc) is 2.31. The molecule has 0 aromatic heterocycles. The van der Waals surface area contributed by atoms with Gasteiger partial charge in [-0.25, -0.2) is 4.79 Å². The molecule has 0 heterocycles. The Morgan fingerprint density at radius 2 is 2.16 bits per heavy atom. The number of rotatable bonds is 6. The van der Waals surface area contributed by atoms with Crippen LogP contribution in [0, 0.1) is 17.0 Å². The lowest BCUT2D eigenvalue weighted by Gasteiger charge is -2.16. The number of benzene rings is 1. The standard InChI is InChI=1S/C13H17NO5/c1-4-5-8(2)19-12-7-10(13(15)16)6-11(9(12)3)14(17)18/h6-8H,4-5H2,1-3H3,(H,15,16). The minimum atomic E-state index is -1.21.